The Hall–Kier alpha value is -2.81. The molecule has 1 aromatic heterocycles. The number of halogens is 3. The fraction of sp³-hybridized carbons (Fsp3) is 0.0625. The third kappa shape index (κ3) is 3.82. The highest BCUT2D eigenvalue weighted by atomic mass is 32.2. The molecular weight excluding hydrogens is 355 g/mol. The molecule has 0 saturated heterocycles. The Balaban J connectivity index is 1.85. The standard InChI is InChI=1S/C16H12F3N3O2S/c17-16(18,19)12-3-1-4-13(11-12)21-25(23,24)15-7-5-14(6-8-15)22-10-2-9-20-22/h1-11,21H. The molecule has 0 saturated carbocycles. The maximum atomic E-state index is 12.7. The Morgan fingerprint density at radius 2 is 1.72 bits per heavy atom. The number of aromatic nitrogens is 2. The first-order valence-electron chi connectivity index (χ1n) is 7.06. The number of hydrogen-bond acceptors (Lipinski definition) is 3. The summed E-state index contributed by atoms with van der Waals surface area (Å²) < 4.78 is 66.5. The lowest BCUT2D eigenvalue weighted by atomic mass is 10.2. The van der Waals surface area contributed by atoms with Gasteiger partial charge in [0.2, 0.25) is 0 Å². The summed E-state index contributed by atoms with van der Waals surface area (Å²) in [5.74, 6) is 0. The summed E-state index contributed by atoms with van der Waals surface area (Å²) in [6.07, 6.45) is -1.27. The number of hydrogen-bond donors (Lipinski definition) is 1. The normalized spacial score (nSPS) is 12.1. The molecule has 130 valence electrons. The smallest absolute Gasteiger partial charge is 0.280 e. The monoisotopic (exact) mass is 367 g/mol. The van der Waals surface area contributed by atoms with Crippen molar-refractivity contribution in [2.45, 2.75) is 11.1 Å². The van der Waals surface area contributed by atoms with Gasteiger partial charge in [-0.05, 0) is 48.5 Å². The van der Waals surface area contributed by atoms with E-state index in [-0.39, 0.29) is 10.6 Å². The van der Waals surface area contributed by atoms with E-state index in [9.17, 15) is 21.6 Å². The van der Waals surface area contributed by atoms with Crippen molar-refractivity contribution in [1.29, 1.82) is 0 Å². The molecule has 0 unspecified atom stereocenters. The molecule has 9 heteroatoms. The van der Waals surface area contributed by atoms with Gasteiger partial charge in [0, 0.05) is 18.1 Å². The van der Waals surface area contributed by atoms with Crippen LogP contribution in [-0.4, -0.2) is 18.2 Å². The Labute approximate surface area is 141 Å². The van der Waals surface area contributed by atoms with Crippen LogP contribution in [0.5, 0.6) is 0 Å². The third-order valence-electron chi connectivity index (χ3n) is 3.36. The van der Waals surface area contributed by atoms with E-state index in [1.54, 1.807) is 35.3 Å². The number of rotatable bonds is 4. The average Bonchev–Trinajstić information content (AvgIpc) is 3.08. The number of nitrogens with one attached hydrogen (secondary N) is 1. The summed E-state index contributed by atoms with van der Waals surface area (Å²) >= 11 is 0. The zero-order chi connectivity index (χ0) is 18.1. The van der Waals surface area contributed by atoms with Crippen LogP contribution < -0.4 is 4.72 Å². The summed E-state index contributed by atoms with van der Waals surface area (Å²) in [6, 6.07) is 11.5. The highest BCUT2D eigenvalue weighted by molar-refractivity contribution is 7.92. The molecule has 2 aromatic carbocycles. The molecule has 1 heterocycles. The molecule has 3 aromatic rings. The summed E-state index contributed by atoms with van der Waals surface area (Å²) in [5, 5.41) is 4.02. The van der Waals surface area contributed by atoms with Crippen molar-refractivity contribution in [3.8, 4) is 5.69 Å². The van der Waals surface area contributed by atoms with Gasteiger partial charge in [0.1, 0.15) is 0 Å². The highest BCUT2D eigenvalue weighted by Crippen LogP contribution is 2.31. The van der Waals surface area contributed by atoms with Crippen LogP contribution in [0.3, 0.4) is 0 Å². The van der Waals surface area contributed by atoms with Crippen molar-refractivity contribution >= 4 is 15.7 Å². The fourth-order valence-corrected chi connectivity index (χ4v) is 3.22. The second-order valence-corrected chi connectivity index (χ2v) is 6.81. The van der Waals surface area contributed by atoms with Crippen molar-refractivity contribution in [2.24, 2.45) is 0 Å². The van der Waals surface area contributed by atoms with Crippen molar-refractivity contribution in [3.63, 3.8) is 0 Å². The molecule has 0 aliphatic heterocycles. The molecule has 0 aliphatic rings. The van der Waals surface area contributed by atoms with Gasteiger partial charge < -0.3 is 0 Å². The second kappa shape index (κ2) is 6.25. The molecule has 0 radical (unpaired) electrons. The van der Waals surface area contributed by atoms with Gasteiger partial charge >= 0.3 is 6.18 Å². The molecular formula is C16H12F3N3O2S. The minimum Gasteiger partial charge on any atom is -0.280 e. The Bertz CT molecular complexity index is 967. The van der Waals surface area contributed by atoms with Gasteiger partial charge in [0.25, 0.3) is 10.0 Å². The van der Waals surface area contributed by atoms with Crippen LogP contribution in [0.2, 0.25) is 0 Å². The van der Waals surface area contributed by atoms with Crippen LogP contribution in [-0.2, 0) is 16.2 Å². The SMILES string of the molecule is O=S(=O)(Nc1cccc(C(F)(F)F)c1)c1ccc(-n2cccn2)cc1. The minimum absolute atomic E-state index is 0.0687. The predicted molar refractivity (Wildman–Crippen MR) is 85.8 cm³/mol. The van der Waals surface area contributed by atoms with E-state index in [4.69, 9.17) is 0 Å². The molecule has 1 N–H and O–H groups in total. The molecule has 0 aliphatic carbocycles. The molecule has 25 heavy (non-hydrogen) atoms. The van der Waals surface area contributed by atoms with Crippen molar-refractivity contribution < 1.29 is 21.6 Å². The number of alkyl halides is 3. The number of nitrogens with zero attached hydrogens (tertiary/aromatic N) is 2. The maximum Gasteiger partial charge on any atom is 0.416 e. The lowest BCUT2D eigenvalue weighted by molar-refractivity contribution is -0.137. The fourth-order valence-electron chi connectivity index (χ4n) is 2.17. The Morgan fingerprint density at radius 1 is 1.00 bits per heavy atom. The zero-order valence-electron chi connectivity index (χ0n) is 12.6. The van der Waals surface area contributed by atoms with Crippen molar-refractivity contribution in [1.82, 2.24) is 9.78 Å². The predicted octanol–water partition coefficient (Wildman–Crippen LogP) is 3.69. The van der Waals surface area contributed by atoms with Crippen LogP contribution in [0.15, 0.2) is 71.9 Å². The summed E-state index contributed by atoms with van der Waals surface area (Å²) in [5.41, 5.74) is -0.435. The Kier molecular flexibility index (Phi) is 4.25. The van der Waals surface area contributed by atoms with Crippen LogP contribution in [0.25, 0.3) is 5.69 Å². The molecule has 0 atom stereocenters. The van der Waals surface area contributed by atoms with E-state index in [0.717, 1.165) is 18.2 Å². The van der Waals surface area contributed by atoms with Crippen LogP contribution in [0, 0.1) is 0 Å². The number of sulfonamides is 1. The molecule has 5 nitrogen and oxygen atoms in total. The van der Waals surface area contributed by atoms with Gasteiger partial charge in [-0.1, -0.05) is 6.07 Å². The van der Waals surface area contributed by atoms with Crippen LogP contribution in [0.4, 0.5) is 18.9 Å². The second-order valence-electron chi connectivity index (χ2n) is 5.13. The molecule has 0 bridgehead atoms. The zero-order valence-corrected chi connectivity index (χ0v) is 13.4. The molecule has 0 fully saturated rings. The van der Waals surface area contributed by atoms with E-state index in [1.807, 2.05) is 0 Å². The lowest BCUT2D eigenvalue weighted by Crippen LogP contribution is -2.14. The van der Waals surface area contributed by atoms with Crippen molar-refractivity contribution in [3.05, 3.63) is 72.6 Å². The quantitative estimate of drug-likeness (QED) is 0.765. The van der Waals surface area contributed by atoms with E-state index >= 15 is 0 Å². The number of anilines is 1. The first-order valence-corrected chi connectivity index (χ1v) is 8.54. The highest BCUT2D eigenvalue weighted by Gasteiger charge is 2.30. The first kappa shape index (κ1) is 17.0. The minimum atomic E-state index is -4.55. The maximum absolute atomic E-state index is 12.7. The topological polar surface area (TPSA) is 64.0 Å². The average molecular weight is 367 g/mol. The summed E-state index contributed by atoms with van der Waals surface area (Å²) in [4.78, 5) is -0.0687. The molecule has 3 rings (SSSR count). The van der Waals surface area contributed by atoms with Crippen LogP contribution >= 0.6 is 0 Å². The Morgan fingerprint density at radius 3 is 2.32 bits per heavy atom. The first-order chi connectivity index (χ1) is 11.8. The van der Waals surface area contributed by atoms with E-state index in [2.05, 4.69) is 9.82 Å². The van der Waals surface area contributed by atoms with Gasteiger partial charge in [-0.25, -0.2) is 13.1 Å². The molecule has 0 spiro atoms. The van der Waals surface area contributed by atoms with E-state index in [0.29, 0.717) is 5.69 Å². The summed E-state index contributed by atoms with van der Waals surface area (Å²) in [6.45, 7) is 0. The lowest BCUT2D eigenvalue weighted by Gasteiger charge is -2.11. The third-order valence-corrected chi connectivity index (χ3v) is 4.76. The molecule has 0 amide bonds. The van der Waals surface area contributed by atoms with Gasteiger partial charge in [0.05, 0.1) is 16.1 Å². The van der Waals surface area contributed by atoms with Gasteiger partial charge in [-0.15, -0.1) is 0 Å². The van der Waals surface area contributed by atoms with E-state index in [1.165, 1.54) is 18.2 Å². The van der Waals surface area contributed by atoms with Crippen molar-refractivity contribution in [2.75, 3.05) is 4.72 Å². The van der Waals surface area contributed by atoms with Crippen LogP contribution in [0.1, 0.15) is 5.56 Å². The van der Waals surface area contributed by atoms with Gasteiger partial charge in [-0.2, -0.15) is 18.3 Å². The van der Waals surface area contributed by atoms with Gasteiger partial charge in [-0.3, -0.25) is 4.72 Å². The van der Waals surface area contributed by atoms with E-state index < -0.39 is 21.8 Å². The largest absolute Gasteiger partial charge is 0.416 e. The summed E-state index contributed by atoms with van der Waals surface area (Å²) in [7, 11) is -4.01. The van der Waals surface area contributed by atoms with Gasteiger partial charge in [0.15, 0.2) is 0 Å². The number of benzene rings is 2.